The zero-order valence-corrected chi connectivity index (χ0v) is 12.3. The van der Waals surface area contributed by atoms with Gasteiger partial charge < -0.3 is 10.1 Å². The quantitative estimate of drug-likeness (QED) is 0.642. The number of methoxy groups -OCH3 is 1. The van der Waals surface area contributed by atoms with Crippen LogP contribution in [0.15, 0.2) is 29.2 Å². The largest absolute Gasteiger partial charge is 0.465 e. The first kappa shape index (κ1) is 15.6. The van der Waals surface area contributed by atoms with Crippen LogP contribution in [0.3, 0.4) is 0 Å². The van der Waals surface area contributed by atoms with E-state index in [2.05, 4.69) is 5.32 Å². The van der Waals surface area contributed by atoms with Crippen LogP contribution in [0.2, 0.25) is 0 Å². The Hall–Kier alpha value is -1.49. The standard InChI is InChI=1S/C14H19NO3S/c1-10(2)8-15-13(16)9-19-12-7-5-4-6-11(12)14(17)18-3/h4-7,10H,8-9H2,1-3H3,(H,15,16). The van der Waals surface area contributed by atoms with Gasteiger partial charge in [-0.25, -0.2) is 4.79 Å². The summed E-state index contributed by atoms with van der Waals surface area (Å²) in [7, 11) is 1.35. The molecule has 0 atom stereocenters. The Balaban J connectivity index is 2.58. The van der Waals surface area contributed by atoms with Gasteiger partial charge in [-0.1, -0.05) is 26.0 Å². The van der Waals surface area contributed by atoms with Crippen molar-refractivity contribution in [3.05, 3.63) is 29.8 Å². The Kier molecular flexibility index (Phi) is 6.42. The lowest BCUT2D eigenvalue weighted by molar-refractivity contribution is -0.118. The molecule has 0 bridgehead atoms. The van der Waals surface area contributed by atoms with Gasteiger partial charge in [0, 0.05) is 11.4 Å². The summed E-state index contributed by atoms with van der Waals surface area (Å²) in [5, 5.41) is 2.84. The lowest BCUT2D eigenvalue weighted by Crippen LogP contribution is -2.28. The molecule has 1 amide bonds. The topological polar surface area (TPSA) is 55.4 Å². The molecule has 1 N–H and O–H groups in total. The first-order chi connectivity index (χ1) is 9.04. The molecule has 0 aromatic heterocycles. The summed E-state index contributed by atoms with van der Waals surface area (Å²) in [5.74, 6) is 0.307. The van der Waals surface area contributed by atoms with Crippen molar-refractivity contribution in [2.24, 2.45) is 5.92 Å². The summed E-state index contributed by atoms with van der Waals surface area (Å²) in [6, 6.07) is 7.11. The Bertz CT molecular complexity index is 446. The molecule has 0 heterocycles. The number of benzene rings is 1. The molecule has 0 unspecified atom stereocenters. The van der Waals surface area contributed by atoms with Crippen molar-refractivity contribution < 1.29 is 14.3 Å². The number of carbonyl (C=O) groups excluding carboxylic acids is 2. The van der Waals surface area contributed by atoms with Crippen molar-refractivity contribution in [2.75, 3.05) is 19.4 Å². The van der Waals surface area contributed by atoms with E-state index in [-0.39, 0.29) is 11.9 Å². The third-order valence-corrected chi connectivity index (χ3v) is 3.43. The van der Waals surface area contributed by atoms with Crippen LogP contribution in [0.4, 0.5) is 0 Å². The number of amides is 1. The van der Waals surface area contributed by atoms with E-state index in [1.807, 2.05) is 26.0 Å². The van der Waals surface area contributed by atoms with Crippen LogP contribution < -0.4 is 5.32 Å². The molecule has 0 aliphatic rings. The van der Waals surface area contributed by atoms with Gasteiger partial charge >= 0.3 is 5.97 Å². The number of nitrogens with one attached hydrogen (secondary N) is 1. The van der Waals surface area contributed by atoms with E-state index >= 15 is 0 Å². The Morgan fingerprint density at radius 2 is 2.00 bits per heavy atom. The van der Waals surface area contributed by atoms with E-state index in [0.29, 0.717) is 23.8 Å². The Morgan fingerprint density at radius 1 is 1.32 bits per heavy atom. The number of ether oxygens (including phenoxy) is 1. The second-order valence-electron chi connectivity index (χ2n) is 4.47. The van der Waals surface area contributed by atoms with E-state index in [0.717, 1.165) is 4.90 Å². The first-order valence-corrected chi connectivity index (χ1v) is 7.10. The van der Waals surface area contributed by atoms with Crippen molar-refractivity contribution >= 4 is 23.6 Å². The molecule has 104 valence electrons. The monoisotopic (exact) mass is 281 g/mol. The molecule has 1 rings (SSSR count). The molecular formula is C14H19NO3S. The molecule has 0 aliphatic heterocycles. The van der Waals surface area contributed by atoms with Crippen LogP contribution in [0.25, 0.3) is 0 Å². The normalized spacial score (nSPS) is 10.3. The van der Waals surface area contributed by atoms with Gasteiger partial charge in [-0.3, -0.25) is 4.79 Å². The average molecular weight is 281 g/mol. The van der Waals surface area contributed by atoms with Crippen molar-refractivity contribution in [1.82, 2.24) is 5.32 Å². The number of hydrogen-bond donors (Lipinski definition) is 1. The zero-order valence-electron chi connectivity index (χ0n) is 11.4. The minimum atomic E-state index is -0.384. The van der Waals surface area contributed by atoms with Crippen LogP contribution in [0, 0.1) is 5.92 Å². The van der Waals surface area contributed by atoms with Crippen molar-refractivity contribution in [3.63, 3.8) is 0 Å². The maximum Gasteiger partial charge on any atom is 0.338 e. The highest BCUT2D eigenvalue weighted by Gasteiger charge is 2.12. The fourth-order valence-corrected chi connectivity index (χ4v) is 2.25. The molecule has 0 saturated heterocycles. The zero-order chi connectivity index (χ0) is 14.3. The molecule has 0 aliphatic carbocycles. The number of esters is 1. The highest BCUT2D eigenvalue weighted by molar-refractivity contribution is 8.00. The summed E-state index contributed by atoms with van der Waals surface area (Å²) in [5.41, 5.74) is 0.492. The summed E-state index contributed by atoms with van der Waals surface area (Å²) in [6.07, 6.45) is 0. The van der Waals surface area contributed by atoms with Gasteiger partial charge in [-0.15, -0.1) is 11.8 Å². The van der Waals surface area contributed by atoms with Crippen molar-refractivity contribution in [2.45, 2.75) is 18.7 Å². The van der Waals surface area contributed by atoms with Crippen LogP contribution in [-0.4, -0.2) is 31.3 Å². The Labute approximate surface area is 117 Å². The minimum absolute atomic E-state index is 0.0293. The van der Waals surface area contributed by atoms with Gasteiger partial charge in [0.15, 0.2) is 0 Å². The number of hydrogen-bond acceptors (Lipinski definition) is 4. The van der Waals surface area contributed by atoms with Gasteiger partial charge in [0.05, 0.1) is 18.4 Å². The van der Waals surface area contributed by atoms with Gasteiger partial charge in [-0.05, 0) is 18.1 Å². The predicted octanol–water partition coefficient (Wildman–Crippen LogP) is 2.34. The molecule has 0 radical (unpaired) electrons. The maximum absolute atomic E-state index is 11.6. The number of thioether (sulfide) groups is 1. The number of carbonyl (C=O) groups is 2. The molecular weight excluding hydrogens is 262 g/mol. The average Bonchev–Trinajstić information content (AvgIpc) is 2.42. The van der Waals surface area contributed by atoms with Gasteiger partial charge in [-0.2, -0.15) is 0 Å². The Morgan fingerprint density at radius 3 is 2.63 bits per heavy atom. The lowest BCUT2D eigenvalue weighted by atomic mass is 10.2. The number of rotatable bonds is 6. The first-order valence-electron chi connectivity index (χ1n) is 6.11. The fraction of sp³-hybridized carbons (Fsp3) is 0.429. The van der Waals surface area contributed by atoms with Crippen LogP contribution >= 0.6 is 11.8 Å². The maximum atomic E-state index is 11.6. The van der Waals surface area contributed by atoms with Crippen molar-refractivity contribution in [3.8, 4) is 0 Å². The minimum Gasteiger partial charge on any atom is -0.465 e. The fourth-order valence-electron chi connectivity index (χ4n) is 1.38. The molecule has 0 saturated carbocycles. The van der Waals surface area contributed by atoms with E-state index in [1.165, 1.54) is 18.9 Å². The van der Waals surface area contributed by atoms with E-state index in [9.17, 15) is 9.59 Å². The molecule has 1 aromatic rings. The summed E-state index contributed by atoms with van der Waals surface area (Å²) < 4.78 is 4.71. The molecule has 5 heteroatoms. The second kappa shape index (κ2) is 7.84. The van der Waals surface area contributed by atoms with E-state index < -0.39 is 0 Å². The highest BCUT2D eigenvalue weighted by Crippen LogP contribution is 2.22. The van der Waals surface area contributed by atoms with E-state index in [4.69, 9.17) is 4.74 Å². The lowest BCUT2D eigenvalue weighted by Gasteiger charge is -2.09. The summed E-state index contributed by atoms with van der Waals surface area (Å²) in [4.78, 5) is 23.9. The molecule has 0 fully saturated rings. The van der Waals surface area contributed by atoms with Crippen molar-refractivity contribution in [1.29, 1.82) is 0 Å². The van der Waals surface area contributed by atoms with Gasteiger partial charge in [0.1, 0.15) is 0 Å². The predicted molar refractivity (Wildman–Crippen MR) is 76.4 cm³/mol. The molecule has 1 aromatic carbocycles. The smallest absolute Gasteiger partial charge is 0.338 e. The second-order valence-corrected chi connectivity index (χ2v) is 5.49. The SMILES string of the molecule is COC(=O)c1ccccc1SCC(=O)NCC(C)C. The third kappa shape index (κ3) is 5.34. The van der Waals surface area contributed by atoms with E-state index in [1.54, 1.807) is 12.1 Å². The van der Waals surface area contributed by atoms with Crippen LogP contribution in [0.1, 0.15) is 24.2 Å². The highest BCUT2D eigenvalue weighted by atomic mass is 32.2. The van der Waals surface area contributed by atoms with Gasteiger partial charge in [0.2, 0.25) is 5.91 Å². The molecule has 0 spiro atoms. The third-order valence-electron chi connectivity index (χ3n) is 2.36. The molecule has 4 nitrogen and oxygen atoms in total. The van der Waals surface area contributed by atoms with Gasteiger partial charge in [0.25, 0.3) is 0 Å². The van der Waals surface area contributed by atoms with Crippen LogP contribution in [0.5, 0.6) is 0 Å². The van der Waals surface area contributed by atoms with Crippen LogP contribution in [-0.2, 0) is 9.53 Å². The summed E-state index contributed by atoms with van der Waals surface area (Å²) >= 11 is 1.34. The molecule has 19 heavy (non-hydrogen) atoms. The summed E-state index contributed by atoms with van der Waals surface area (Å²) in [6.45, 7) is 4.75.